The molecule has 1 atom stereocenters. The quantitative estimate of drug-likeness (QED) is 0.690. The van der Waals surface area contributed by atoms with Crippen LogP contribution < -0.4 is 11.5 Å². The molecule has 1 aromatic carbocycles. The highest BCUT2D eigenvalue weighted by Crippen LogP contribution is 2.06. The first kappa shape index (κ1) is 11.3. The molecule has 0 amide bonds. The van der Waals surface area contributed by atoms with E-state index < -0.39 is 0 Å². The zero-order valence-corrected chi connectivity index (χ0v) is 7.97. The molecule has 0 aliphatic rings. The van der Waals surface area contributed by atoms with E-state index >= 15 is 0 Å². The molecule has 1 rings (SSSR count). The molecule has 12 heavy (non-hydrogen) atoms. The summed E-state index contributed by atoms with van der Waals surface area (Å²) in [5, 5.41) is 0. The molecule has 0 unspecified atom stereocenters. The van der Waals surface area contributed by atoms with Crippen LogP contribution in [-0.4, -0.2) is 6.04 Å². The number of hydrogen-bond donors (Lipinski definition) is 2. The van der Waals surface area contributed by atoms with Crippen LogP contribution in [0.25, 0.3) is 0 Å². The number of nitrogen functional groups attached to an aromatic ring is 1. The second-order valence-corrected chi connectivity index (χ2v) is 2.92. The molecule has 0 aliphatic carbocycles. The maximum Gasteiger partial charge on any atom is 0.0314 e. The highest BCUT2D eigenvalue weighted by molar-refractivity contribution is 5.85. The van der Waals surface area contributed by atoms with Gasteiger partial charge in [0.05, 0.1) is 0 Å². The van der Waals surface area contributed by atoms with Crippen LogP contribution in [-0.2, 0) is 6.42 Å². The molecular weight excluding hydrogens is 172 g/mol. The smallest absolute Gasteiger partial charge is 0.0314 e. The second kappa shape index (κ2) is 5.01. The Morgan fingerprint density at radius 2 is 1.75 bits per heavy atom. The lowest BCUT2D eigenvalue weighted by molar-refractivity contribution is 0.738. The second-order valence-electron chi connectivity index (χ2n) is 2.92. The summed E-state index contributed by atoms with van der Waals surface area (Å²) in [6.07, 6.45) is 0.917. The van der Waals surface area contributed by atoms with Gasteiger partial charge in [0, 0.05) is 11.7 Å². The van der Waals surface area contributed by atoms with Crippen molar-refractivity contribution in [1.29, 1.82) is 0 Å². The van der Waals surface area contributed by atoms with Gasteiger partial charge in [-0.3, -0.25) is 0 Å². The maximum atomic E-state index is 5.63. The van der Waals surface area contributed by atoms with Crippen LogP contribution in [0, 0.1) is 0 Å². The van der Waals surface area contributed by atoms with Crippen LogP contribution in [0.1, 0.15) is 12.5 Å². The molecule has 0 radical (unpaired) electrons. The molecule has 4 N–H and O–H groups in total. The molecule has 68 valence electrons. The zero-order valence-electron chi connectivity index (χ0n) is 7.16. The molecule has 0 fully saturated rings. The van der Waals surface area contributed by atoms with Crippen LogP contribution in [0.2, 0.25) is 0 Å². The lowest BCUT2D eigenvalue weighted by atomic mass is 10.1. The topological polar surface area (TPSA) is 52.0 Å². The lowest BCUT2D eigenvalue weighted by Gasteiger charge is -2.04. The largest absolute Gasteiger partial charge is 0.399 e. The van der Waals surface area contributed by atoms with Gasteiger partial charge in [-0.1, -0.05) is 12.1 Å². The fraction of sp³-hybridized carbons (Fsp3) is 0.333. The average molecular weight is 187 g/mol. The van der Waals surface area contributed by atoms with Crippen molar-refractivity contribution in [3.05, 3.63) is 29.8 Å². The predicted molar refractivity (Wildman–Crippen MR) is 55.5 cm³/mol. The summed E-state index contributed by atoms with van der Waals surface area (Å²) in [5.41, 5.74) is 13.2. The first-order valence-electron chi connectivity index (χ1n) is 3.78. The van der Waals surface area contributed by atoms with Crippen LogP contribution in [0.15, 0.2) is 24.3 Å². The lowest BCUT2D eigenvalue weighted by Crippen LogP contribution is -2.17. The molecule has 0 heterocycles. The number of nitrogens with two attached hydrogens (primary N) is 2. The van der Waals surface area contributed by atoms with Gasteiger partial charge in [-0.2, -0.15) is 0 Å². The van der Waals surface area contributed by atoms with Crippen molar-refractivity contribution in [1.82, 2.24) is 0 Å². The van der Waals surface area contributed by atoms with Gasteiger partial charge in [0.15, 0.2) is 0 Å². The molecule has 0 aromatic heterocycles. The van der Waals surface area contributed by atoms with E-state index in [2.05, 4.69) is 0 Å². The summed E-state index contributed by atoms with van der Waals surface area (Å²) < 4.78 is 0. The van der Waals surface area contributed by atoms with E-state index in [-0.39, 0.29) is 18.4 Å². The van der Waals surface area contributed by atoms with E-state index in [9.17, 15) is 0 Å². The van der Waals surface area contributed by atoms with E-state index in [1.165, 1.54) is 5.56 Å². The Labute approximate surface area is 79.4 Å². The molecular formula is C9H15ClN2. The van der Waals surface area contributed by atoms with Gasteiger partial charge in [-0.15, -0.1) is 12.4 Å². The number of hydrogen-bond acceptors (Lipinski definition) is 2. The SMILES string of the molecule is C[C@@H](N)Cc1ccc(N)cc1.Cl. The Morgan fingerprint density at radius 1 is 1.25 bits per heavy atom. The van der Waals surface area contributed by atoms with Gasteiger partial charge in [0.1, 0.15) is 0 Å². The van der Waals surface area contributed by atoms with Crippen molar-refractivity contribution in [2.45, 2.75) is 19.4 Å². The van der Waals surface area contributed by atoms with E-state index in [0.717, 1.165) is 12.1 Å². The van der Waals surface area contributed by atoms with Gasteiger partial charge in [-0.25, -0.2) is 0 Å². The van der Waals surface area contributed by atoms with Gasteiger partial charge in [-0.05, 0) is 31.0 Å². The van der Waals surface area contributed by atoms with Crippen molar-refractivity contribution in [2.24, 2.45) is 5.73 Å². The van der Waals surface area contributed by atoms with E-state index in [1.807, 2.05) is 31.2 Å². The minimum Gasteiger partial charge on any atom is -0.399 e. The zero-order chi connectivity index (χ0) is 8.27. The molecule has 1 aromatic rings. The summed E-state index contributed by atoms with van der Waals surface area (Å²) in [5.74, 6) is 0. The summed E-state index contributed by atoms with van der Waals surface area (Å²) >= 11 is 0. The van der Waals surface area contributed by atoms with Crippen LogP contribution in [0.4, 0.5) is 5.69 Å². The Bertz CT molecular complexity index is 218. The molecule has 0 saturated carbocycles. The molecule has 2 nitrogen and oxygen atoms in total. The Morgan fingerprint density at radius 3 is 2.17 bits per heavy atom. The number of halogens is 1. The minimum absolute atomic E-state index is 0. The van der Waals surface area contributed by atoms with Crippen molar-refractivity contribution in [3.8, 4) is 0 Å². The van der Waals surface area contributed by atoms with Crippen LogP contribution in [0.5, 0.6) is 0 Å². The van der Waals surface area contributed by atoms with E-state index in [4.69, 9.17) is 11.5 Å². The highest BCUT2D eigenvalue weighted by atomic mass is 35.5. The fourth-order valence-corrected chi connectivity index (χ4v) is 1.03. The minimum atomic E-state index is 0. The molecule has 0 aliphatic heterocycles. The molecule has 0 spiro atoms. The normalized spacial score (nSPS) is 11.8. The van der Waals surface area contributed by atoms with Crippen molar-refractivity contribution in [3.63, 3.8) is 0 Å². The fourth-order valence-electron chi connectivity index (χ4n) is 1.03. The third-order valence-electron chi connectivity index (χ3n) is 1.54. The first-order valence-corrected chi connectivity index (χ1v) is 3.78. The Balaban J connectivity index is 0.00000121. The van der Waals surface area contributed by atoms with Gasteiger partial charge < -0.3 is 11.5 Å². The number of anilines is 1. The monoisotopic (exact) mass is 186 g/mol. The Kier molecular flexibility index (Phi) is 4.71. The van der Waals surface area contributed by atoms with Crippen molar-refractivity contribution >= 4 is 18.1 Å². The molecule has 0 bridgehead atoms. The van der Waals surface area contributed by atoms with Crippen LogP contribution >= 0.6 is 12.4 Å². The first-order chi connectivity index (χ1) is 5.18. The summed E-state index contributed by atoms with van der Waals surface area (Å²) in [4.78, 5) is 0. The third-order valence-corrected chi connectivity index (χ3v) is 1.54. The van der Waals surface area contributed by atoms with Crippen LogP contribution in [0.3, 0.4) is 0 Å². The highest BCUT2D eigenvalue weighted by Gasteiger charge is 1.95. The van der Waals surface area contributed by atoms with Crippen molar-refractivity contribution < 1.29 is 0 Å². The van der Waals surface area contributed by atoms with Gasteiger partial charge >= 0.3 is 0 Å². The average Bonchev–Trinajstić information content (AvgIpc) is 1.93. The summed E-state index contributed by atoms with van der Waals surface area (Å²) in [6, 6.07) is 8.05. The molecule has 0 saturated heterocycles. The number of benzene rings is 1. The Hall–Kier alpha value is -0.730. The van der Waals surface area contributed by atoms with E-state index in [1.54, 1.807) is 0 Å². The van der Waals surface area contributed by atoms with Crippen molar-refractivity contribution in [2.75, 3.05) is 5.73 Å². The number of rotatable bonds is 2. The third kappa shape index (κ3) is 3.60. The summed E-state index contributed by atoms with van der Waals surface area (Å²) in [7, 11) is 0. The maximum absolute atomic E-state index is 5.63. The van der Waals surface area contributed by atoms with Gasteiger partial charge in [0.25, 0.3) is 0 Å². The van der Waals surface area contributed by atoms with Gasteiger partial charge in [0.2, 0.25) is 0 Å². The predicted octanol–water partition coefficient (Wildman–Crippen LogP) is 1.58. The summed E-state index contributed by atoms with van der Waals surface area (Å²) in [6.45, 7) is 2.00. The molecule has 3 heteroatoms. The van der Waals surface area contributed by atoms with E-state index in [0.29, 0.717) is 0 Å². The standard InChI is InChI=1S/C9H14N2.ClH/c1-7(10)6-8-2-4-9(11)5-3-8;/h2-5,7H,6,10-11H2,1H3;1H/t7-;/m1./s1.